The van der Waals surface area contributed by atoms with Crippen LogP contribution in [0.2, 0.25) is 0 Å². The third kappa shape index (κ3) is 3.84. The van der Waals surface area contributed by atoms with E-state index in [1.807, 2.05) is 6.07 Å². The van der Waals surface area contributed by atoms with Crippen LogP contribution in [0.25, 0.3) is 0 Å². The van der Waals surface area contributed by atoms with Gasteiger partial charge in [0.1, 0.15) is 5.82 Å². The highest BCUT2D eigenvalue weighted by Gasteiger charge is 2.28. The highest BCUT2D eigenvalue weighted by molar-refractivity contribution is 5.16. The summed E-state index contributed by atoms with van der Waals surface area (Å²) < 4.78 is 24.9. The van der Waals surface area contributed by atoms with Crippen molar-refractivity contribution in [2.24, 2.45) is 0 Å². The molecule has 24 heavy (non-hydrogen) atoms. The van der Waals surface area contributed by atoms with Crippen molar-refractivity contribution in [2.45, 2.75) is 50.9 Å². The highest BCUT2D eigenvalue weighted by atomic mass is 19.1. The van der Waals surface area contributed by atoms with E-state index in [0.717, 1.165) is 43.9 Å². The van der Waals surface area contributed by atoms with Crippen LogP contribution in [-0.4, -0.2) is 29.3 Å². The maximum atomic E-state index is 13.6. The lowest BCUT2D eigenvalue weighted by Gasteiger charge is -2.31. The van der Waals surface area contributed by atoms with Crippen molar-refractivity contribution >= 4 is 0 Å². The van der Waals surface area contributed by atoms with Crippen LogP contribution in [-0.2, 0) is 17.9 Å². The topological polar surface area (TPSA) is 38.5 Å². The second-order valence-corrected chi connectivity index (χ2v) is 6.87. The standard InChI is InChI=1S/C19H23FN2O2/c20-18-4-2-1-3-15(18)13-23-16-7-9-22(10-8-16)12-17-11-19(21-24-17)14-5-6-14/h1-4,11,14,16H,5-10,12-13H2. The summed E-state index contributed by atoms with van der Waals surface area (Å²) in [5, 5.41) is 4.17. The van der Waals surface area contributed by atoms with Crippen molar-refractivity contribution in [3.8, 4) is 0 Å². The van der Waals surface area contributed by atoms with Crippen LogP contribution in [0.4, 0.5) is 4.39 Å². The van der Waals surface area contributed by atoms with Crippen LogP contribution >= 0.6 is 0 Å². The summed E-state index contributed by atoms with van der Waals surface area (Å²) >= 11 is 0. The quantitative estimate of drug-likeness (QED) is 0.806. The van der Waals surface area contributed by atoms with Gasteiger partial charge in [0.05, 0.1) is 24.9 Å². The normalized spacial score (nSPS) is 19.7. The fourth-order valence-corrected chi connectivity index (χ4v) is 3.25. The molecule has 4 nitrogen and oxygen atoms in total. The first kappa shape index (κ1) is 15.8. The largest absolute Gasteiger partial charge is 0.373 e. The number of hydrogen-bond acceptors (Lipinski definition) is 4. The van der Waals surface area contributed by atoms with Gasteiger partial charge < -0.3 is 9.26 Å². The monoisotopic (exact) mass is 330 g/mol. The SMILES string of the molecule is Fc1ccccc1COC1CCN(Cc2cc(C3CC3)no2)CC1. The molecule has 2 heterocycles. The molecule has 0 unspecified atom stereocenters. The van der Waals surface area contributed by atoms with Crippen LogP contribution < -0.4 is 0 Å². The first-order valence-corrected chi connectivity index (χ1v) is 8.81. The number of rotatable bonds is 6. The Morgan fingerprint density at radius 3 is 2.71 bits per heavy atom. The van der Waals surface area contributed by atoms with Gasteiger partial charge in [0.25, 0.3) is 0 Å². The molecule has 1 aromatic heterocycles. The second kappa shape index (κ2) is 7.03. The molecule has 1 saturated heterocycles. The molecule has 4 rings (SSSR count). The van der Waals surface area contributed by atoms with E-state index in [4.69, 9.17) is 9.26 Å². The molecule has 2 aromatic rings. The van der Waals surface area contributed by atoms with Gasteiger partial charge in [-0.25, -0.2) is 4.39 Å². The molecule has 1 saturated carbocycles. The molecular formula is C19H23FN2O2. The fourth-order valence-electron chi connectivity index (χ4n) is 3.25. The van der Waals surface area contributed by atoms with Crippen molar-refractivity contribution in [1.82, 2.24) is 10.1 Å². The van der Waals surface area contributed by atoms with Crippen LogP contribution in [0.5, 0.6) is 0 Å². The van der Waals surface area contributed by atoms with Gasteiger partial charge in [-0.15, -0.1) is 0 Å². The lowest BCUT2D eigenvalue weighted by molar-refractivity contribution is -0.00624. The third-order valence-electron chi connectivity index (χ3n) is 4.92. The number of aromatic nitrogens is 1. The van der Waals surface area contributed by atoms with E-state index in [1.165, 1.54) is 18.9 Å². The number of halogens is 1. The smallest absolute Gasteiger partial charge is 0.150 e. The van der Waals surface area contributed by atoms with Gasteiger partial charge in [0, 0.05) is 30.6 Å². The first-order valence-electron chi connectivity index (χ1n) is 8.81. The third-order valence-corrected chi connectivity index (χ3v) is 4.92. The average Bonchev–Trinajstić information content (AvgIpc) is 3.35. The molecule has 0 spiro atoms. The Bertz CT molecular complexity index is 676. The lowest BCUT2D eigenvalue weighted by Crippen LogP contribution is -2.36. The molecule has 0 bridgehead atoms. The highest BCUT2D eigenvalue weighted by Crippen LogP contribution is 2.39. The number of benzene rings is 1. The first-order chi connectivity index (χ1) is 11.8. The molecule has 1 aliphatic carbocycles. The maximum absolute atomic E-state index is 13.6. The molecule has 0 amide bonds. The van der Waals surface area contributed by atoms with Gasteiger partial charge in [-0.05, 0) is 31.7 Å². The second-order valence-electron chi connectivity index (χ2n) is 6.87. The minimum absolute atomic E-state index is 0.188. The molecule has 2 fully saturated rings. The van der Waals surface area contributed by atoms with Gasteiger partial charge in [-0.1, -0.05) is 23.4 Å². The Morgan fingerprint density at radius 2 is 1.96 bits per heavy atom. The summed E-state index contributed by atoms with van der Waals surface area (Å²) in [7, 11) is 0. The van der Waals surface area contributed by atoms with Gasteiger partial charge in [0.2, 0.25) is 0 Å². The van der Waals surface area contributed by atoms with Crippen molar-refractivity contribution in [3.05, 3.63) is 53.2 Å². The predicted molar refractivity (Wildman–Crippen MR) is 88.0 cm³/mol. The summed E-state index contributed by atoms with van der Waals surface area (Å²) in [6, 6.07) is 8.92. The average molecular weight is 330 g/mol. The molecule has 1 aromatic carbocycles. The van der Waals surface area contributed by atoms with E-state index in [0.29, 0.717) is 18.1 Å². The minimum atomic E-state index is -0.188. The van der Waals surface area contributed by atoms with E-state index in [1.54, 1.807) is 12.1 Å². The van der Waals surface area contributed by atoms with Crippen LogP contribution in [0.15, 0.2) is 34.9 Å². The summed E-state index contributed by atoms with van der Waals surface area (Å²) in [4.78, 5) is 2.38. The van der Waals surface area contributed by atoms with Crippen LogP contribution in [0.3, 0.4) is 0 Å². The molecule has 2 aliphatic rings. The molecule has 0 atom stereocenters. The van der Waals surface area contributed by atoms with E-state index < -0.39 is 0 Å². The summed E-state index contributed by atoms with van der Waals surface area (Å²) in [5.41, 5.74) is 1.75. The number of nitrogens with zero attached hydrogens (tertiary/aromatic N) is 2. The number of hydrogen-bond donors (Lipinski definition) is 0. The van der Waals surface area contributed by atoms with E-state index in [-0.39, 0.29) is 11.9 Å². The zero-order chi connectivity index (χ0) is 16.4. The Morgan fingerprint density at radius 1 is 1.17 bits per heavy atom. The summed E-state index contributed by atoms with van der Waals surface area (Å²) in [6.07, 6.45) is 4.64. The van der Waals surface area contributed by atoms with E-state index in [2.05, 4.69) is 16.1 Å². The molecule has 128 valence electrons. The van der Waals surface area contributed by atoms with Crippen molar-refractivity contribution in [2.75, 3.05) is 13.1 Å². The maximum Gasteiger partial charge on any atom is 0.150 e. The fraction of sp³-hybridized carbons (Fsp3) is 0.526. The van der Waals surface area contributed by atoms with Crippen molar-refractivity contribution in [1.29, 1.82) is 0 Å². The Balaban J connectivity index is 1.22. The molecule has 0 N–H and O–H groups in total. The number of likely N-dealkylation sites (tertiary alicyclic amines) is 1. The Kier molecular flexibility index (Phi) is 4.63. The van der Waals surface area contributed by atoms with Gasteiger partial charge >= 0.3 is 0 Å². The number of piperidine rings is 1. The molecule has 1 aliphatic heterocycles. The van der Waals surface area contributed by atoms with Gasteiger partial charge in [-0.3, -0.25) is 4.90 Å². The van der Waals surface area contributed by atoms with Gasteiger partial charge in [0.15, 0.2) is 5.76 Å². The van der Waals surface area contributed by atoms with Gasteiger partial charge in [-0.2, -0.15) is 0 Å². The van der Waals surface area contributed by atoms with E-state index >= 15 is 0 Å². The van der Waals surface area contributed by atoms with E-state index in [9.17, 15) is 4.39 Å². The van der Waals surface area contributed by atoms with Crippen LogP contribution in [0, 0.1) is 5.82 Å². The molecule has 5 heteroatoms. The summed E-state index contributed by atoms with van der Waals surface area (Å²) in [6.45, 7) is 3.12. The Hall–Kier alpha value is -1.72. The molecule has 0 radical (unpaired) electrons. The van der Waals surface area contributed by atoms with Crippen LogP contribution in [0.1, 0.15) is 48.6 Å². The zero-order valence-corrected chi connectivity index (χ0v) is 13.8. The predicted octanol–water partition coefficient (Wildman–Crippen LogP) is 3.87. The molecular weight excluding hydrogens is 307 g/mol. The summed E-state index contributed by atoms with van der Waals surface area (Å²) in [5.74, 6) is 1.41. The lowest BCUT2D eigenvalue weighted by atomic mass is 10.1. The zero-order valence-electron chi connectivity index (χ0n) is 13.8. The van der Waals surface area contributed by atoms with Crippen molar-refractivity contribution in [3.63, 3.8) is 0 Å². The van der Waals surface area contributed by atoms with Crippen molar-refractivity contribution < 1.29 is 13.7 Å². The number of ether oxygens (including phenoxy) is 1. The Labute approximate surface area is 141 Å². The minimum Gasteiger partial charge on any atom is -0.373 e.